The normalized spacial score (nSPS) is 15.7. The zero-order valence-electron chi connectivity index (χ0n) is 16.4. The highest BCUT2D eigenvalue weighted by Gasteiger charge is 2.24. The highest BCUT2D eigenvalue weighted by molar-refractivity contribution is 5.93. The fourth-order valence-electron chi connectivity index (χ4n) is 3.79. The van der Waals surface area contributed by atoms with Crippen LogP contribution in [0, 0.1) is 5.92 Å². The predicted molar refractivity (Wildman–Crippen MR) is 111 cm³/mol. The van der Waals surface area contributed by atoms with Crippen molar-refractivity contribution in [3.8, 4) is 5.75 Å². The zero-order chi connectivity index (χ0) is 20.1. The first-order valence-corrected chi connectivity index (χ1v) is 10.00. The maximum atomic E-state index is 11.6. The van der Waals surface area contributed by atoms with Gasteiger partial charge in [-0.2, -0.15) is 5.10 Å². The minimum absolute atomic E-state index is 0.396. The van der Waals surface area contributed by atoms with Crippen molar-refractivity contribution < 1.29 is 9.53 Å². The molecule has 6 nitrogen and oxygen atoms in total. The lowest BCUT2D eigenvalue weighted by Gasteiger charge is -2.24. The Morgan fingerprint density at radius 1 is 1.17 bits per heavy atom. The largest absolute Gasteiger partial charge is 0.489 e. The van der Waals surface area contributed by atoms with Gasteiger partial charge >= 0.3 is 0 Å². The molecule has 6 heteroatoms. The first kappa shape index (κ1) is 19.2. The maximum absolute atomic E-state index is 11.6. The highest BCUT2D eigenvalue weighted by atomic mass is 16.5. The van der Waals surface area contributed by atoms with Crippen molar-refractivity contribution in [1.29, 1.82) is 0 Å². The van der Waals surface area contributed by atoms with Crippen LogP contribution in [0.2, 0.25) is 0 Å². The van der Waals surface area contributed by atoms with E-state index in [0.29, 0.717) is 18.1 Å². The van der Waals surface area contributed by atoms with Crippen molar-refractivity contribution in [2.45, 2.75) is 32.5 Å². The summed E-state index contributed by atoms with van der Waals surface area (Å²) in [7, 11) is 0. The highest BCUT2D eigenvalue weighted by Crippen LogP contribution is 2.22. The molecule has 0 saturated carbocycles. The van der Waals surface area contributed by atoms with Gasteiger partial charge in [-0.1, -0.05) is 42.5 Å². The fourth-order valence-corrected chi connectivity index (χ4v) is 3.79. The van der Waals surface area contributed by atoms with Crippen molar-refractivity contribution >= 4 is 5.91 Å². The van der Waals surface area contributed by atoms with Crippen molar-refractivity contribution in [2.24, 2.45) is 11.7 Å². The minimum Gasteiger partial charge on any atom is -0.489 e. The number of rotatable bonds is 8. The smallest absolute Gasteiger partial charge is 0.252 e. The second kappa shape index (κ2) is 8.92. The van der Waals surface area contributed by atoms with Gasteiger partial charge in [-0.15, -0.1) is 0 Å². The number of amides is 1. The Morgan fingerprint density at radius 2 is 2.00 bits per heavy atom. The van der Waals surface area contributed by atoms with Crippen LogP contribution in [0.25, 0.3) is 0 Å². The van der Waals surface area contributed by atoms with Crippen LogP contribution < -0.4 is 15.8 Å². The van der Waals surface area contributed by atoms with E-state index in [-0.39, 0.29) is 0 Å². The van der Waals surface area contributed by atoms with Crippen LogP contribution in [0.5, 0.6) is 5.75 Å². The molecule has 0 spiro atoms. The van der Waals surface area contributed by atoms with E-state index >= 15 is 0 Å². The lowest BCUT2D eigenvalue weighted by Crippen LogP contribution is -2.30. The number of aryl methyl sites for hydroxylation is 1. The van der Waals surface area contributed by atoms with Crippen LogP contribution in [0.3, 0.4) is 0 Å². The third-order valence-corrected chi connectivity index (χ3v) is 5.35. The monoisotopic (exact) mass is 390 g/mol. The van der Waals surface area contributed by atoms with Gasteiger partial charge in [-0.05, 0) is 48.6 Å². The lowest BCUT2D eigenvalue weighted by molar-refractivity contribution is 0.0998. The summed E-state index contributed by atoms with van der Waals surface area (Å²) in [5.41, 5.74) is 9.32. The summed E-state index contributed by atoms with van der Waals surface area (Å²) in [4.78, 5) is 11.6. The number of primary amides is 1. The molecule has 2 aromatic carbocycles. The number of hydrogen-bond acceptors (Lipinski definition) is 4. The van der Waals surface area contributed by atoms with E-state index in [1.165, 1.54) is 5.56 Å². The second-order valence-electron chi connectivity index (χ2n) is 7.50. The molecule has 0 radical (unpaired) electrons. The Kier molecular flexibility index (Phi) is 5.91. The first-order chi connectivity index (χ1) is 14.2. The van der Waals surface area contributed by atoms with Gasteiger partial charge in [0.1, 0.15) is 12.4 Å². The third kappa shape index (κ3) is 4.84. The Labute approximate surface area is 170 Å². The number of carbonyl (C=O) groups excluding carboxylic acids is 1. The molecular formula is C23H26N4O2. The zero-order valence-corrected chi connectivity index (χ0v) is 16.4. The molecule has 1 aliphatic heterocycles. The molecule has 1 atom stereocenters. The summed E-state index contributed by atoms with van der Waals surface area (Å²) >= 11 is 0. The number of nitrogens with one attached hydrogen (secondary N) is 1. The van der Waals surface area contributed by atoms with Gasteiger partial charge in [0.25, 0.3) is 5.91 Å². The molecule has 0 saturated heterocycles. The summed E-state index contributed by atoms with van der Waals surface area (Å²) in [6.45, 7) is 3.06. The number of nitrogens with two attached hydrogens (primary N) is 1. The summed E-state index contributed by atoms with van der Waals surface area (Å²) in [6, 6.07) is 18.4. The van der Waals surface area contributed by atoms with E-state index in [1.54, 1.807) is 6.20 Å². The molecule has 1 amide bonds. The number of ether oxygens (including phenoxy) is 1. The number of aromatic nitrogens is 2. The molecule has 0 fully saturated rings. The first-order valence-electron chi connectivity index (χ1n) is 10.00. The molecule has 3 aromatic rings. The van der Waals surface area contributed by atoms with E-state index in [1.807, 2.05) is 35.0 Å². The average molecular weight is 390 g/mol. The molecule has 150 valence electrons. The topological polar surface area (TPSA) is 82.2 Å². The Morgan fingerprint density at radius 3 is 2.83 bits per heavy atom. The Hall–Kier alpha value is -3.12. The van der Waals surface area contributed by atoms with Crippen LogP contribution in [0.15, 0.2) is 60.8 Å². The molecular weight excluding hydrogens is 364 g/mol. The summed E-state index contributed by atoms with van der Waals surface area (Å²) in [6.07, 6.45) is 3.46. The predicted octanol–water partition coefficient (Wildman–Crippen LogP) is 2.91. The SMILES string of the molecule is NC(=O)c1cnn2c1C[C@@H](CNCc1cccc(OCc3ccccc3)c1)CC2. The van der Waals surface area contributed by atoms with E-state index < -0.39 is 5.91 Å². The minimum atomic E-state index is -0.396. The van der Waals surface area contributed by atoms with Gasteiger partial charge in [-0.3, -0.25) is 9.48 Å². The van der Waals surface area contributed by atoms with Gasteiger partial charge in [-0.25, -0.2) is 0 Å². The van der Waals surface area contributed by atoms with Gasteiger partial charge in [0.05, 0.1) is 17.5 Å². The van der Waals surface area contributed by atoms with Crippen LogP contribution in [0.4, 0.5) is 0 Å². The summed E-state index contributed by atoms with van der Waals surface area (Å²) in [5, 5.41) is 7.81. The fraction of sp³-hybridized carbons (Fsp3) is 0.304. The van der Waals surface area contributed by atoms with E-state index in [9.17, 15) is 4.79 Å². The third-order valence-electron chi connectivity index (χ3n) is 5.35. The molecule has 4 rings (SSSR count). The van der Waals surface area contributed by atoms with Crippen LogP contribution >= 0.6 is 0 Å². The molecule has 2 heterocycles. The van der Waals surface area contributed by atoms with E-state index in [0.717, 1.165) is 49.5 Å². The lowest BCUT2D eigenvalue weighted by atomic mass is 9.94. The van der Waals surface area contributed by atoms with Gasteiger partial charge in [0.15, 0.2) is 0 Å². The molecule has 1 aliphatic rings. The van der Waals surface area contributed by atoms with Crippen molar-refractivity contribution in [2.75, 3.05) is 6.54 Å². The number of hydrogen-bond donors (Lipinski definition) is 2. The summed E-state index contributed by atoms with van der Waals surface area (Å²) in [5.74, 6) is 0.947. The van der Waals surface area contributed by atoms with Crippen molar-refractivity contribution in [3.63, 3.8) is 0 Å². The molecule has 29 heavy (non-hydrogen) atoms. The van der Waals surface area contributed by atoms with E-state index in [2.05, 4.69) is 34.7 Å². The number of carbonyl (C=O) groups is 1. The number of nitrogens with zero attached hydrogens (tertiary/aromatic N) is 2. The van der Waals surface area contributed by atoms with Gasteiger partial charge in [0.2, 0.25) is 0 Å². The van der Waals surface area contributed by atoms with Crippen LogP contribution in [-0.4, -0.2) is 22.2 Å². The summed E-state index contributed by atoms with van der Waals surface area (Å²) < 4.78 is 7.82. The molecule has 1 aromatic heterocycles. The average Bonchev–Trinajstić information content (AvgIpc) is 3.17. The molecule has 0 bridgehead atoms. The molecule has 0 aliphatic carbocycles. The van der Waals surface area contributed by atoms with Crippen LogP contribution in [-0.2, 0) is 26.1 Å². The molecule has 0 unspecified atom stereocenters. The van der Waals surface area contributed by atoms with Gasteiger partial charge < -0.3 is 15.8 Å². The Bertz CT molecular complexity index is 968. The van der Waals surface area contributed by atoms with Gasteiger partial charge in [0, 0.05) is 13.1 Å². The second-order valence-corrected chi connectivity index (χ2v) is 7.50. The Balaban J connectivity index is 1.27. The van der Waals surface area contributed by atoms with E-state index in [4.69, 9.17) is 10.5 Å². The quantitative estimate of drug-likeness (QED) is 0.620. The maximum Gasteiger partial charge on any atom is 0.252 e. The standard InChI is InChI=1S/C23H26N4O2/c24-23(28)21-15-26-27-10-9-19(12-22(21)27)14-25-13-18-7-4-8-20(11-18)29-16-17-5-2-1-3-6-17/h1-8,11,15,19,25H,9-10,12-14,16H2,(H2,24,28)/t19-/m0/s1. The number of fused-ring (bicyclic) bond motifs is 1. The number of benzene rings is 2. The molecule has 3 N–H and O–H groups in total. The van der Waals surface area contributed by atoms with Crippen LogP contribution in [0.1, 0.15) is 33.6 Å². The van der Waals surface area contributed by atoms with Crippen molar-refractivity contribution in [1.82, 2.24) is 15.1 Å². The van der Waals surface area contributed by atoms with Crippen molar-refractivity contribution in [3.05, 3.63) is 83.2 Å².